The second-order valence-electron chi connectivity index (χ2n) is 37.6. The molecule has 640 valence electrons. The summed E-state index contributed by atoms with van der Waals surface area (Å²) in [6.07, 6.45) is 14.8. The van der Waals surface area contributed by atoms with E-state index in [4.69, 9.17) is 19.9 Å². The number of pyridine rings is 4. The molecule has 0 amide bonds. The van der Waals surface area contributed by atoms with Crippen LogP contribution >= 0.6 is 0 Å². The topological polar surface area (TPSA) is 123 Å². The molecule has 23 aromatic rings. The highest BCUT2D eigenvalue weighted by atomic mass is 15.1. The van der Waals surface area contributed by atoms with Gasteiger partial charge in [0.15, 0.2) is 0 Å². The zero-order valence-electron chi connectivity index (χ0n) is 75.6. The standard InChI is InChI=1S/C33H25N3.2C31H23N3.C27H21N3/c1-33(2)27-11-6-12-29-31(27)36(32(35-29)26-10-7-19-34-21-26)30-18-17-25(20-28(30)33)24-15-13-23(14-16-24)22-8-4-3-5-9-22;1-31(2)25-13-6-14-27-29(25)34(30(33-27)22-10-7-17-32-19-22)28-16-15-21(18-26(28)31)24-12-5-9-20-8-3-4-11-23(20)24;1-31(2)25-10-5-11-27-29(25)34(30(33-27)24-9-6-16-32-19-24)28-15-14-23(18-26(28)31)22-13-12-20-7-3-4-8-21(20)17-22;1-27(2)21-11-6-12-23-25(21)30(26(29-23)20-10-7-15-28-17-20)24-14-13-19(16-22(24)27)18-8-4-3-5-9-18/h3-21H,1-2H3;2*3-19H,1-2H3;3-17H,1-2H3. The summed E-state index contributed by atoms with van der Waals surface area (Å²) in [5.74, 6) is 3.74. The summed E-state index contributed by atoms with van der Waals surface area (Å²) in [5.41, 5.74) is 39.9. The molecule has 12 heteroatoms. The van der Waals surface area contributed by atoms with Gasteiger partial charge in [0.25, 0.3) is 0 Å². The highest BCUT2D eigenvalue weighted by Gasteiger charge is 2.41. The van der Waals surface area contributed by atoms with Gasteiger partial charge in [-0.25, -0.2) is 19.9 Å². The van der Waals surface area contributed by atoms with E-state index in [1.54, 1.807) is 24.8 Å². The van der Waals surface area contributed by atoms with Crippen LogP contribution in [0.25, 0.3) is 190 Å². The minimum atomic E-state index is -0.156. The maximum atomic E-state index is 5.06. The quantitative estimate of drug-likeness (QED) is 0.140. The van der Waals surface area contributed by atoms with Crippen LogP contribution in [-0.4, -0.2) is 58.1 Å². The van der Waals surface area contributed by atoms with Gasteiger partial charge in [-0.2, -0.15) is 0 Å². The van der Waals surface area contributed by atoms with Crippen LogP contribution in [0.1, 0.15) is 99.9 Å². The van der Waals surface area contributed by atoms with E-state index in [0.29, 0.717) is 0 Å². The van der Waals surface area contributed by atoms with Gasteiger partial charge in [-0.05, 0) is 249 Å². The fourth-order valence-corrected chi connectivity index (χ4v) is 21.4. The minimum absolute atomic E-state index is 0.123. The smallest absolute Gasteiger partial charge is 0.147 e. The molecular formula is C122H92N12. The summed E-state index contributed by atoms with van der Waals surface area (Å²) < 4.78 is 9.29. The van der Waals surface area contributed by atoms with Crippen molar-refractivity contribution in [3.63, 3.8) is 0 Å². The first-order valence-corrected chi connectivity index (χ1v) is 46.0. The van der Waals surface area contributed by atoms with Gasteiger partial charge in [0.05, 0.1) is 66.9 Å². The van der Waals surface area contributed by atoms with Crippen molar-refractivity contribution >= 4 is 65.7 Å². The van der Waals surface area contributed by atoms with E-state index in [9.17, 15) is 0 Å². The molecule has 0 unspecified atom stereocenters. The van der Waals surface area contributed by atoms with Crippen LogP contribution in [0.3, 0.4) is 0 Å². The maximum Gasteiger partial charge on any atom is 0.147 e. The van der Waals surface area contributed by atoms with Crippen LogP contribution in [0.2, 0.25) is 0 Å². The number of aromatic nitrogens is 12. The molecule has 0 saturated carbocycles. The number of benzene rings is 15. The highest BCUT2D eigenvalue weighted by molar-refractivity contribution is 6.00. The molecular weight excluding hydrogens is 1630 g/mol. The number of nitrogens with zero attached hydrogens (tertiary/aromatic N) is 12. The second kappa shape index (κ2) is 31.6. The molecule has 12 nitrogen and oxygen atoms in total. The van der Waals surface area contributed by atoms with Crippen LogP contribution in [0.4, 0.5) is 0 Å². The van der Waals surface area contributed by atoms with Crippen molar-refractivity contribution in [3.05, 3.63) is 458 Å². The molecule has 0 radical (unpaired) electrons. The lowest BCUT2D eigenvalue weighted by Gasteiger charge is -2.35. The third-order valence-corrected chi connectivity index (χ3v) is 28.3. The normalized spacial score (nSPS) is 13.8. The van der Waals surface area contributed by atoms with Gasteiger partial charge in [0.2, 0.25) is 0 Å². The van der Waals surface area contributed by atoms with Crippen molar-refractivity contribution < 1.29 is 0 Å². The average Bonchev–Trinajstić information content (AvgIpc) is 1.52. The zero-order chi connectivity index (χ0) is 90.3. The second-order valence-corrected chi connectivity index (χ2v) is 37.6. The number of fused-ring (bicyclic) bond motifs is 10. The van der Waals surface area contributed by atoms with Crippen LogP contribution < -0.4 is 0 Å². The first kappa shape index (κ1) is 80.6. The number of imidazole rings is 4. The molecule has 134 heavy (non-hydrogen) atoms. The SMILES string of the molecule is CC1(C)c2cc(-c3ccc(-c4ccccc4)cc3)ccc2-n2c(-c3cccnc3)nc3cccc1c32.CC1(C)c2cc(-c3ccc4ccccc4c3)ccc2-n2c(-c3cccnc3)nc3cccc1c32.CC1(C)c2cc(-c3cccc4ccccc34)ccc2-n2c(-c3cccnc3)nc3cccc1c32.CC1(C)c2cc(-c3ccccc3)ccc2-n2c(-c3cccnc3)nc3cccc1c32. The van der Waals surface area contributed by atoms with E-state index in [2.05, 4.69) is 433 Å². The average molecular weight is 1730 g/mol. The van der Waals surface area contributed by atoms with Crippen molar-refractivity contribution in [2.24, 2.45) is 0 Å². The fourth-order valence-electron chi connectivity index (χ4n) is 21.4. The summed E-state index contributed by atoms with van der Waals surface area (Å²) >= 11 is 0. The Bertz CT molecular complexity index is 8570. The van der Waals surface area contributed by atoms with Crippen molar-refractivity contribution in [2.45, 2.75) is 77.0 Å². The molecule has 0 aliphatic carbocycles. The Morgan fingerprint density at radius 2 is 0.455 bits per heavy atom. The lowest BCUT2D eigenvalue weighted by atomic mass is 9.74. The minimum Gasteiger partial charge on any atom is -0.292 e. The number of para-hydroxylation sites is 4. The van der Waals surface area contributed by atoms with Gasteiger partial charge < -0.3 is 0 Å². The molecule has 15 aromatic carbocycles. The molecule has 8 aromatic heterocycles. The van der Waals surface area contributed by atoms with Gasteiger partial charge in [0, 0.05) is 93.5 Å². The fraction of sp³-hybridized carbons (Fsp3) is 0.0984. The third kappa shape index (κ3) is 13.2. The Morgan fingerprint density at radius 1 is 0.187 bits per heavy atom. The van der Waals surface area contributed by atoms with E-state index in [-0.39, 0.29) is 21.7 Å². The van der Waals surface area contributed by atoms with Crippen LogP contribution in [0, 0.1) is 0 Å². The van der Waals surface area contributed by atoms with Gasteiger partial charge in [-0.15, -0.1) is 0 Å². The Labute approximate surface area is 777 Å². The molecule has 0 fully saturated rings. The first-order valence-electron chi connectivity index (χ1n) is 46.0. The van der Waals surface area contributed by atoms with Gasteiger partial charge >= 0.3 is 0 Å². The van der Waals surface area contributed by atoms with Crippen molar-refractivity contribution in [3.8, 4) is 124 Å². The molecule has 4 aliphatic heterocycles. The largest absolute Gasteiger partial charge is 0.292 e. The van der Waals surface area contributed by atoms with E-state index in [1.165, 1.54) is 167 Å². The predicted octanol–water partition coefficient (Wildman–Crippen LogP) is 29.5. The van der Waals surface area contributed by atoms with Gasteiger partial charge in [-0.3, -0.25) is 38.2 Å². The van der Waals surface area contributed by atoms with Crippen LogP contribution in [-0.2, 0) is 21.7 Å². The number of rotatable bonds is 9. The third-order valence-electron chi connectivity index (χ3n) is 28.3. The molecule has 0 saturated heterocycles. The Hall–Kier alpha value is -16.7. The Balaban J connectivity index is 0.0000000983. The molecule has 0 bridgehead atoms. The van der Waals surface area contributed by atoms with Crippen molar-refractivity contribution in [2.75, 3.05) is 0 Å². The summed E-state index contributed by atoms with van der Waals surface area (Å²) in [4.78, 5) is 37.6. The molecule has 12 heterocycles. The van der Waals surface area contributed by atoms with Crippen molar-refractivity contribution in [1.29, 1.82) is 0 Å². The van der Waals surface area contributed by atoms with Crippen molar-refractivity contribution in [1.82, 2.24) is 58.1 Å². The van der Waals surface area contributed by atoms with E-state index >= 15 is 0 Å². The van der Waals surface area contributed by atoms with E-state index in [0.717, 1.165) is 67.6 Å². The Kier molecular flexibility index (Phi) is 19.0. The van der Waals surface area contributed by atoms with Gasteiger partial charge in [0.1, 0.15) is 23.3 Å². The highest BCUT2D eigenvalue weighted by Crippen LogP contribution is 2.53. The molecule has 0 spiro atoms. The lowest BCUT2D eigenvalue weighted by Crippen LogP contribution is -2.26. The summed E-state index contributed by atoms with van der Waals surface area (Å²) in [6, 6.07) is 130. The monoisotopic (exact) mass is 1720 g/mol. The predicted molar refractivity (Wildman–Crippen MR) is 548 cm³/mol. The van der Waals surface area contributed by atoms with E-state index < -0.39 is 0 Å². The Morgan fingerprint density at radius 3 is 0.828 bits per heavy atom. The first-order chi connectivity index (χ1) is 65.5. The summed E-state index contributed by atoms with van der Waals surface area (Å²) in [5, 5.41) is 5.07. The van der Waals surface area contributed by atoms with E-state index in [1.807, 2.05) is 49.1 Å². The molecule has 4 aliphatic rings. The summed E-state index contributed by atoms with van der Waals surface area (Å²) in [6.45, 7) is 18.6. The maximum absolute atomic E-state index is 5.06. The van der Waals surface area contributed by atoms with Gasteiger partial charge in [-0.1, -0.05) is 292 Å². The zero-order valence-corrected chi connectivity index (χ0v) is 75.6. The number of hydrogen-bond acceptors (Lipinski definition) is 8. The van der Waals surface area contributed by atoms with Crippen LogP contribution in [0.5, 0.6) is 0 Å². The summed E-state index contributed by atoms with van der Waals surface area (Å²) in [7, 11) is 0. The van der Waals surface area contributed by atoms with Crippen LogP contribution in [0.15, 0.2) is 414 Å². The number of hydrogen-bond donors (Lipinski definition) is 0. The lowest BCUT2D eigenvalue weighted by molar-refractivity contribution is 0.629. The molecule has 0 N–H and O–H groups in total. The molecule has 0 atom stereocenters. The molecule has 27 rings (SSSR count).